The molecule has 1 aliphatic rings. The molecule has 0 amide bonds. The van der Waals surface area contributed by atoms with Gasteiger partial charge >= 0.3 is 0 Å². The molecule has 110 valence electrons. The van der Waals surface area contributed by atoms with Gasteiger partial charge in [-0.05, 0) is 63.3 Å². The minimum atomic E-state index is -0.601. The van der Waals surface area contributed by atoms with E-state index in [1.54, 1.807) is 12.1 Å². The molecular weight excluding hydrogens is 253 g/mol. The van der Waals surface area contributed by atoms with Gasteiger partial charge in [-0.3, -0.25) is 0 Å². The van der Waals surface area contributed by atoms with Crippen molar-refractivity contribution in [2.45, 2.75) is 51.2 Å². The summed E-state index contributed by atoms with van der Waals surface area (Å²) in [5, 5.41) is 13.6. The summed E-state index contributed by atoms with van der Waals surface area (Å²) < 4.78 is 12.9. The molecule has 2 atom stereocenters. The standard InChI is InChI=1S/C17H24FNO/c1-13(17(20)15-7-9-16(18)10-8-15)19-12-11-14-5-3-2-4-6-14/h5,7-10,13,17,19-20H,2-4,6,11-12H2,1H3. The Morgan fingerprint density at radius 2 is 2.00 bits per heavy atom. The third-order valence-corrected chi connectivity index (χ3v) is 3.98. The van der Waals surface area contributed by atoms with Crippen LogP contribution in [-0.2, 0) is 0 Å². The minimum Gasteiger partial charge on any atom is -0.387 e. The first-order valence-corrected chi connectivity index (χ1v) is 7.51. The number of allylic oxidation sites excluding steroid dienone is 1. The monoisotopic (exact) mass is 277 g/mol. The van der Waals surface area contributed by atoms with Gasteiger partial charge in [0, 0.05) is 6.04 Å². The Morgan fingerprint density at radius 3 is 2.65 bits per heavy atom. The summed E-state index contributed by atoms with van der Waals surface area (Å²) in [6.07, 6.45) is 7.86. The smallest absolute Gasteiger partial charge is 0.123 e. The van der Waals surface area contributed by atoms with Crippen molar-refractivity contribution >= 4 is 0 Å². The molecule has 0 heterocycles. The Balaban J connectivity index is 1.77. The van der Waals surface area contributed by atoms with E-state index in [4.69, 9.17) is 0 Å². The van der Waals surface area contributed by atoms with Gasteiger partial charge in [-0.2, -0.15) is 0 Å². The fraction of sp³-hybridized carbons (Fsp3) is 0.529. The predicted octanol–water partition coefficient (Wildman–Crippen LogP) is 3.73. The number of rotatable bonds is 6. The second kappa shape index (κ2) is 7.55. The van der Waals surface area contributed by atoms with E-state index in [1.165, 1.54) is 43.4 Å². The Kier molecular flexibility index (Phi) is 5.74. The maximum atomic E-state index is 12.9. The molecule has 0 aliphatic heterocycles. The van der Waals surface area contributed by atoms with Gasteiger partial charge in [-0.25, -0.2) is 4.39 Å². The SMILES string of the molecule is CC(NCCC1=CCCCC1)C(O)c1ccc(F)cc1. The van der Waals surface area contributed by atoms with Crippen molar-refractivity contribution in [3.63, 3.8) is 0 Å². The van der Waals surface area contributed by atoms with Crippen LogP contribution in [0.5, 0.6) is 0 Å². The molecule has 2 rings (SSSR count). The van der Waals surface area contributed by atoms with Crippen molar-refractivity contribution in [2.75, 3.05) is 6.54 Å². The fourth-order valence-electron chi connectivity index (χ4n) is 2.65. The van der Waals surface area contributed by atoms with Gasteiger partial charge < -0.3 is 10.4 Å². The van der Waals surface area contributed by atoms with E-state index >= 15 is 0 Å². The molecular formula is C17H24FNO. The number of aliphatic hydroxyl groups is 1. The van der Waals surface area contributed by atoms with Gasteiger partial charge in [-0.15, -0.1) is 0 Å². The van der Waals surface area contributed by atoms with Gasteiger partial charge in [0.15, 0.2) is 0 Å². The van der Waals surface area contributed by atoms with Crippen LogP contribution in [0.3, 0.4) is 0 Å². The molecule has 2 nitrogen and oxygen atoms in total. The van der Waals surface area contributed by atoms with Crippen LogP contribution in [0.25, 0.3) is 0 Å². The van der Waals surface area contributed by atoms with E-state index < -0.39 is 6.10 Å². The lowest BCUT2D eigenvalue weighted by molar-refractivity contribution is 0.136. The van der Waals surface area contributed by atoms with Crippen molar-refractivity contribution in [3.05, 3.63) is 47.3 Å². The quantitative estimate of drug-likeness (QED) is 0.777. The molecule has 0 fully saturated rings. The highest BCUT2D eigenvalue weighted by Crippen LogP contribution is 2.20. The van der Waals surface area contributed by atoms with Gasteiger partial charge in [0.05, 0.1) is 6.10 Å². The fourth-order valence-corrected chi connectivity index (χ4v) is 2.65. The zero-order valence-corrected chi connectivity index (χ0v) is 12.1. The zero-order valence-electron chi connectivity index (χ0n) is 12.1. The van der Waals surface area contributed by atoms with Gasteiger partial charge in [0.1, 0.15) is 5.82 Å². The second-order valence-corrected chi connectivity index (χ2v) is 5.60. The number of nitrogens with one attached hydrogen (secondary N) is 1. The van der Waals surface area contributed by atoms with Crippen molar-refractivity contribution in [2.24, 2.45) is 0 Å². The highest BCUT2D eigenvalue weighted by atomic mass is 19.1. The third kappa shape index (κ3) is 4.43. The second-order valence-electron chi connectivity index (χ2n) is 5.60. The summed E-state index contributed by atoms with van der Waals surface area (Å²) in [5.74, 6) is -0.272. The van der Waals surface area contributed by atoms with Crippen LogP contribution in [0.15, 0.2) is 35.9 Å². The summed E-state index contributed by atoms with van der Waals surface area (Å²) in [5.41, 5.74) is 2.29. The molecule has 20 heavy (non-hydrogen) atoms. The van der Waals surface area contributed by atoms with E-state index in [2.05, 4.69) is 11.4 Å². The molecule has 2 unspecified atom stereocenters. The van der Waals surface area contributed by atoms with Gasteiger partial charge in [0.25, 0.3) is 0 Å². The van der Waals surface area contributed by atoms with Crippen LogP contribution in [0.2, 0.25) is 0 Å². The molecule has 0 saturated heterocycles. The molecule has 0 saturated carbocycles. The zero-order chi connectivity index (χ0) is 14.4. The first kappa shape index (κ1) is 15.2. The number of hydrogen-bond donors (Lipinski definition) is 2. The largest absolute Gasteiger partial charge is 0.387 e. The molecule has 0 aromatic heterocycles. The Morgan fingerprint density at radius 1 is 1.25 bits per heavy atom. The maximum Gasteiger partial charge on any atom is 0.123 e. The topological polar surface area (TPSA) is 32.3 Å². The van der Waals surface area contributed by atoms with Crippen LogP contribution < -0.4 is 5.32 Å². The lowest BCUT2D eigenvalue weighted by atomic mass is 9.97. The normalized spacial score (nSPS) is 18.4. The van der Waals surface area contributed by atoms with Crippen LogP contribution in [0.4, 0.5) is 4.39 Å². The molecule has 1 aromatic carbocycles. The number of hydrogen-bond acceptors (Lipinski definition) is 2. The first-order valence-electron chi connectivity index (χ1n) is 7.51. The van der Waals surface area contributed by atoms with E-state index in [9.17, 15) is 9.50 Å². The van der Waals surface area contributed by atoms with Crippen molar-refractivity contribution in [1.29, 1.82) is 0 Å². The van der Waals surface area contributed by atoms with Gasteiger partial charge in [-0.1, -0.05) is 23.8 Å². The Bertz CT molecular complexity index is 441. The van der Waals surface area contributed by atoms with Crippen LogP contribution >= 0.6 is 0 Å². The van der Waals surface area contributed by atoms with Crippen molar-refractivity contribution < 1.29 is 9.50 Å². The molecule has 1 aliphatic carbocycles. The van der Waals surface area contributed by atoms with Crippen molar-refractivity contribution in [1.82, 2.24) is 5.32 Å². The summed E-state index contributed by atoms with van der Waals surface area (Å²) in [6.45, 7) is 2.84. The molecule has 3 heteroatoms. The molecule has 1 aromatic rings. The predicted molar refractivity (Wildman–Crippen MR) is 80.0 cm³/mol. The molecule has 0 radical (unpaired) electrons. The van der Waals surface area contributed by atoms with E-state index in [1.807, 2.05) is 6.92 Å². The lowest BCUT2D eigenvalue weighted by Gasteiger charge is -2.21. The minimum absolute atomic E-state index is 0.0374. The number of halogens is 1. The van der Waals surface area contributed by atoms with E-state index in [-0.39, 0.29) is 11.9 Å². The Hall–Kier alpha value is -1.19. The summed E-state index contributed by atoms with van der Waals surface area (Å²) in [7, 11) is 0. The average molecular weight is 277 g/mol. The van der Waals surface area contributed by atoms with Gasteiger partial charge in [0.2, 0.25) is 0 Å². The average Bonchev–Trinajstić information content (AvgIpc) is 2.48. The highest BCUT2D eigenvalue weighted by Gasteiger charge is 2.15. The molecule has 0 spiro atoms. The first-order chi connectivity index (χ1) is 9.66. The Labute approximate surface area is 120 Å². The molecule has 2 N–H and O–H groups in total. The summed E-state index contributed by atoms with van der Waals surface area (Å²) in [6, 6.07) is 6.02. The lowest BCUT2D eigenvalue weighted by Crippen LogP contribution is -2.33. The summed E-state index contributed by atoms with van der Waals surface area (Å²) in [4.78, 5) is 0. The van der Waals surface area contributed by atoms with Crippen LogP contribution in [0, 0.1) is 5.82 Å². The van der Waals surface area contributed by atoms with E-state index in [0.29, 0.717) is 0 Å². The van der Waals surface area contributed by atoms with Crippen LogP contribution in [-0.4, -0.2) is 17.7 Å². The van der Waals surface area contributed by atoms with E-state index in [0.717, 1.165) is 18.5 Å². The number of aliphatic hydroxyl groups excluding tert-OH is 1. The van der Waals surface area contributed by atoms with Crippen LogP contribution in [0.1, 0.15) is 50.7 Å². The summed E-state index contributed by atoms with van der Waals surface area (Å²) >= 11 is 0. The molecule has 0 bridgehead atoms. The maximum absolute atomic E-state index is 12.9. The van der Waals surface area contributed by atoms with Crippen molar-refractivity contribution in [3.8, 4) is 0 Å². The third-order valence-electron chi connectivity index (χ3n) is 3.98. The highest BCUT2D eigenvalue weighted by molar-refractivity contribution is 5.19. The number of benzene rings is 1.